The van der Waals surface area contributed by atoms with Gasteiger partial charge in [-0.15, -0.1) is 0 Å². The maximum absolute atomic E-state index is 12.9. The van der Waals surface area contributed by atoms with E-state index in [-0.39, 0.29) is 36.3 Å². The number of rotatable bonds is 7. The smallest absolute Gasteiger partial charge is 0.325 e. The van der Waals surface area contributed by atoms with Crippen molar-refractivity contribution in [1.82, 2.24) is 5.32 Å². The van der Waals surface area contributed by atoms with Crippen molar-refractivity contribution in [3.63, 3.8) is 0 Å². The number of nitrogens with one attached hydrogen (secondary N) is 2. The van der Waals surface area contributed by atoms with Gasteiger partial charge in [-0.3, -0.25) is 14.4 Å². The van der Waals surface area contributed by atoms with E-state index in [1.807, 2.05) is 25.1 Å². The molecule has 31 heavy (non-hydrogen) atoms. The van der Waals surface area contributed by atoms with Crippen LogP contribution in [0.5, 0.6) is 0 Å². The number of hydrogen-bond donors (Lipinski definition) is 2. The lowest BCUT2D eigenvalue weighted by molar-refractivity contribution is -0.152. The molecule has 168 valence electrons. The lowest BCUT2D eigenvalue weighted by atomic mass is 9.49. The molecule has 6 nitrogen and oxygen atoms in total. The quantitative estimate of drug-likeness (QED) is 0.647. The summed E-state index contributed by atoms with van der Waals surface area (Å²) in [4.78, 5) is 37.4. The van der Waals surface area contributed by atoms with Crippen molar-refractivity contribution in [3.8, 4) is 0 Å². The van der Waals surface area contributed by atoms with E-state index in [1.165, 1.54) is 19.3 Å². The third-order valence-electron chi connectivity index (χ3n) is 7.47. The maximum Gasteiger partial charge on any atom is 0.325 e. The molecule has 4 saturated carbocycles. The van der Waals surface area contributed by atoms with Crippen molar-refractivity contribution >= 4 is 23.5 Å². The molecule has 5 rings (SSSR count). The molecule has 4 aliphatic carbocycles. The average molecular weight is 427 g/mol. The number of aryl methyl sites for hydroxylation is 1. The SMILES string of the molecule is Cc1cccc(C(C)C)c1NC(=O)COC(=O)CNC(=O)C12CC3CC(CC(C3)C1)C2. The summed E-state index contributed by atoms with van der Waals surface area (Å²) in [5.41, 5.74) is 2.50. The average Bonchev–Trinajstić information content (AvgIpc) is 2.70. The number of carbonyl (C=O) groups excluding carboxylic acids is 3. The van der Waals surface area contributed by atoms with Crippen molar-refractivity contribution in [2.75, 3.05) is 18.5 Å². The van der Waals surface area contributed by atoms with Crippen molar-refractivity contribution < 1.29 is 19.1 Å². The molecule has 4 aliphatic rings. The number of benzene rings is 1. The molecule has 4 bridgehead atoms. The number of para-hydroxylation sites is 1. The molecule has 0 heterocycles. The zero-order chi connectivity index (χ0) is 22.2. The van der Waals surface area contributed by atoms with Crippen LogP contribution in [0.15, 0.2) is 18.2 Å². The normalized spacial score (nSPS) is 28.5. The Balaban J connectivity index is 1.25. The van der Waals surface area contributed by atoms with E-state index in [9.17, 15) is 14.4 Å². The van der Waals surface area contributed by atoms with E-state index in [4.69, 9.17) is 4.74 Å². The molecule has 0 spiro atoms. The first-order chi connectivity index (χ1) is 14.8. The van der Waals surface area contributed by atoms with Gasteiger partial charge in [0.2, 0.25) is 5.91 Å². The molecule has 0 radical (unpaired) electrons. The van der Waals surface area contributed by atoms with Gasteiger partial charge >= 0.3 is 5.97 Å². The molecule has 0 saturated heterocycles. The van der Waals surface area contributed by atoms with Gasteiger partial charge in [0, 0.05) is 11.1 Å². The van der Waals surface area contributed by atoms with Crippen LogP contribution in [0.4, 0.5) is 5.69 Å². The zero-order valence-corrected chi connectivity index (χ0v) is 18.8. The van der Waals surface area contributed by atoms with Crippen molar-refractivity contribution in [3.05, 3.63) is 29.3 Å². The highest BCUT2D eigenvalue weighted by molar-refractivity contribution is 5.94. The number of amides is 2. The summed E-state index contributed by atoms with van der Waals surface area (Å²) in [6.45, 7) is 5.52. The molecular weight excluding hydrogens is 392 g/mol. The molecule has 2 N–H and O–H groups in total. The van der Waals surface area contributed by atoms with Crippen LogP contribution in [0, 0.1) is 30.1 Å². The fraction of sp³-hybridized carbons (Fsp3) is 0.640. The van der Waals surface area contributed by atoms with Gasteiger partial charge in [0.05, 0.1) is 0 Å². The fourth-order valence-electron chi connectivity index (χ4n) is 6.44. The van der Waals surface area contributed by atoms with Gasteiger partial charge in [0.25, 0.3) is 5.91 Å². The predicted octanol–water partition coefficient (Wildman–Crippen LogP) is 3.93. The van der Waals surface area contributed by atoms with Crippen molar-refractivity contribution in [2.45, 2.75) is 65.2 Å². The molecule has 1 aromatic carbocycles. The molecular formula is C25H34N2O4. The summed E-state index contributed by atoms with van der Waals surface area (Å²) in [6, 6.07) is 5.89. The maximum atomic E-state index is 12.9. The summed E-state index contributed by atoms with van der Waals surface area (Å²) in [5.74, 6) is 1.31. The number of esters is 1. The second-order valence-electron chi connectivity index (χ2n) is 10.3. The minimum atomic E-state index is -0.581. The first-order valence-corrected chi connectivity index (χ1v) is 11.6. The molecule has 4 fully saturated rings. The van der Waals surface area contributed by atoms with Crippen LogP contribution in [-0.4, -0.2) is 30.9 Å². The molecule has 0 aromatic heterocycles. The summed E-state index contributed by atoms with van der Waals surface area (Å²) >= 11 is 0. The van der Waals surface area contributed by atoms with E-state index < -0.39 is 5.97 Å². The number of hydrogen-bond acceptors (Lipinski definition) is 4. The van der Waals surface area contributed by atoms with Gasteiger partial charge < -0.3 is 15.4 Å². The fourth-order valence-corrected chi connectivity index (χ4v) is 6.44. The minimum Gasteiger partial charge on any atom is -0.454 e. The largest absolute Gasteiger partial charge is 0.454 e. The molecule has 1 aromatic rings. The lowest BCUT2D eigenvalue weighted by Gasteiger charge is -2.55. The van der Waals surface area contributed by atoms with Gasteiger partial charge in [-0.2, -0.15) is 0 Å². The Labute approximate surface area is 184 Å². The van der Waals surface area contributed by atoms with Crippen molar-refractivity contribution in [1.29, 1.82) is 0 Å². The monoisotopic (exact) mass is 426 g/mol. The van der Waals surface area contributed by atoms with Crippen LogP contribution in [0.2, 0.25) is 0 Å². The van der Waals surface area contributed by atoms with E-state index in [2.05, 4.69) is 24.5 Å². The highest BCUT2D eigenvalue weighted by atomic mass is 16.5. The van der Waals surface area contributed by atoms with E-state index in [0.717, 1.165) is 36.1 Å². The Kier molecular flexibility index (Phi) is 6.09. The number of carbonyl (C=O) groups is 3. The molecule has 0 aliphatic heterocycles. The summed E-state index contributed by atoms with van der Waals surface area (Å²) in [6.07, 6.45) is 6.67. The Morgan fingerprint density at radius 1 is 1.06 bits per heavy atom. The van der Waals surface area contributed by atoms with Gasteiger partial charge in [-0.05, 0) is 80.2 Å². The van der Waals surface area contributed by atoms with E-state index in [0.29, 0.717) is 17.8 Å². The van der Waals surface area contributed by atoms with Gasteiger partial charge in [0.15, 0.2) is 6.61 Å². The summed E-state index contributed by atoms with van der Waals surface area (Å²) in [7, 11) is 0. The predicted molar refractivity (Wildman–Crippen MR) is 118 cm³/mol. The molecule has 6 heteroatoms. The number of anilines is 1. The minimum absolute atomic E-state index is 0.00510. The van der Waals surface area contributed by atoms with Gasteiger partial charge in [0.1, 0.15) is 6.54 Å². The second kappa shape index (κ2) is 8.64. The topological polar surface area (TPSA) is 84.5 Å². The third-order valence-corrected chi connectivity index (χ3v) is 7.47. The van der Waals surface area contributed by atoms with Crippen molar-refractivity contribution in [2.24, 2.45) is 23.2 Å². The number of ether oxygens (including phenoxy) is 1. The first-order valence-electron chi connectivity index (χ1n) is 11.6. The van der Waals surface area contributed by atoms with Crippen LogP contribution in [-0.2, 0) is 19.1 Å². The van der Waals surface area contributed by atoms with Gasteiger partial charge in [-0.25, -0.2) is 0 Å². The standard InChI is InChI=1S/C25H34N2O4/c1-15(2)20-6-4-5-16(3)23(20)27-21(28)14-31-22(29)13-26-24(30)25-10-17-7-18(11-25)9-19(8-17)12-25/h4-6,15,17-19H,7-14H2,1-3H3,(H,26,30)(H,27,28). The second-order valence-corrected chi connectivity index (χ2v) is 10.3. The molecule has 2 amide bonds. The zero-order valence-electron chi connectivity index (χ0n) is 18.8. The van der Waals surface area contributed by atoms with E-state index in [1.54, 1.807) is 0 Å². The van der Waals surface area contributed by atoms with Crippen LogP contribution in [0.1, 0.15) is 69.4 Å². The Morgan fingerprint density at radius 3 is 2.26 bits per heavy atom. The molecule has 0 atom stereocenters. The van der Waals surface area contributed by atoms with Crippen LogP contribution in [0.3, 0.4) is 0 Å². The van der Waals surface area contributed by atoms with E-state index >= 15 is 0 Å². The highest BCUT2D eigenvalue weighted by Crippen LogP contribution is 2.60. The lowest BCUT2D eigenvalue weighted by Crippen LogP contribution is -2.54. The first kappa shape index (κ1) is 21.8. The van der Waals surface area contributed by atoms with Crippen LogP contribution < -0.4 is 10.6 Å². The Hall–Kier alpha value is -2.37. The van der Waals surface area contributed by atoms with Crippen LogP contribution >= 0.6 is 0 Å². The Morgan fingerprint density at radius 2 is 1.68 bits per heavy atom. The Bertz CT molecular complexity index is 841. The summed E-state index contributed by atoms with van der Waals surface area (Å²) in [5, 5.41) is 5.67. The molecule has 0 unspecified atom stereocenters. The summed E-state index contributed by atoms with van der Waals surface area (Å²) < 4.78 is 5.12. The highest BCUT2D eigenvalue weighted by Gasteiger charge is 2.54. The van der Waals surface area contributed by atoms with Crippen LogP contribution in [0.25, 0.3) is 0 Å². The third kappa shape index (κ3) is 4.63. The van der Waals surface area contributed by atoms with Gasteiger partial charge in [-0.1, -0.05) is 32.0 Å².